The largest absolute Gasteiger partial charge is 0.366 e. The molecule has 2 aliphatic heterocycles. The van der Waals surface area contributed by atoms with Crippen molar-refractivity contribution in [1.82, 2.24) is 10.2 Å². The van der Waals surface area contributed by atoms with E-state index in [2.05, 4.69) is 55.4 Å². The predicted octanol–water partition coefficient (Wildman–Crippen LogP) is 5.29. The first kappa shape index (κ1) is 24.8. The van der Waals surface area contributed by atoms with Crippen molar-refractivity contribution in [3.63, 3.8) is 0 Å². The third-order valence-electron chi connectivity index (χ3n) is 6.78. The fraction of sp³-hybridized carbons (Fsp3) is 0.370. The average molecular weight is 495 g/mol. The standard InChI is InChI=1S/C27H31ClN4O3/c1-6-32-23-11-16(2)18(12-21(23)17(3)14-27(32,4)5)13-22-25(34)31(26(35)30-22)15-24(33)29-20-9-7-19(28)8-10-20/h7-13,17H,6,14-15H2,1-5H3,(H,29,33)(H,30,35)/b22-13+. The van der Waals surface area contributed by atoms with Crippen molar-refractivity contribution in [2.45, 2.75) is 52.5 Å². The number of anilines is 2. The highest BCUT2D eigenvalue weighted by Gasteiger charge is 2.37. The zero-order chi connectivity index (χ0) is 25.5. The number of amides is 4. The van der Waals surface area contributed by atoms with Crippen molar-refractivity contribution < 1.29 is 14.4 Å². The van der Waals surface area contributed by atoms with Crippen LogP contribution in [0.5, 0.6) is 0 Å². The first-order valence-electron chi connectivity index (χ1n) is 11.8. The molecular weight excluding hydrogens is 464 g/mol. The predicted molar refractivity (Wildman–Crippen MR) is 140 cm³/mol. The highest BCUT2D eigenvalue weighted by Crippen LogP contribution is 2.44. The number of imide groups is 1. The van der Waals surface area contributed by atoms with Crippen LogP contribution >= 0.6 is 11.6 Å². The molecule has 0 radical (unpaired) electrons. The molecule has 4 rings (SSSR count). The van der Waals surface area contributed by atoms with Crippen LogP contribution in [0.4, 0.5) is 16.2 Å². The third-order valence-corrected chi connectivity index (χ3v) is 7.03. The van der Waals surface area contributed by atoms with E-state index in [0.717, 1.165) is 29.0 Å². The molecule has 35 heavy (non-hydrogen) atoms. The van der Waals surface area contributed by atoms with Gasteiger partial charge in [-0.2, -0.15) is 0 Å². The molecule has 0 bridgehead atoms. The van der Waals surface area contributed by atoms with Crippen molar-refractivity contribution in [1.29, 1.82) is 0 Å². The van der Waals surface area contributed by atoms with Gasteiger partial charge in [-0.15, -0.1) is 0 Å². The number of benzene rings is 2. The van der Waals surface area contributed by atoms with Crippen molar-refractivity contribution in [3.05, 3.63) is 63.8 Å². The monoisotopic (exact) mass is 494 g/mol. The van der Waals surface area contributed by atoms with E-state index in [4.69, 9.17) is 11.6 Å². The van der Waals surface area contributed by atoms with Crippen LogP contribution < -0.4 is 15.5 Å². The topological polar surface area (TPSA) is 81.8 Å². The molecular formula is C27H31ClN4O3. The van der Waals surface area contributed by atoms with E-state index >= 15 is 0 Å². The first-order valence-corrected chi connectivity index (χ1v) is 12.2. The van der Waals surface area contributed by atoms with Gasteiger partial charge in [0.1, 0.15) is 12.2 Å². The summed E-state index contributed by atoms with van der Waals surface area (Å²) in [7, 11) is 0. The molecule has 0 aliphatic carbocycles. The van der Waals surface area contributed by atoms with Gasteiger partial charge in [-0.1, -0.05) is 18.5 Å². The quantitative estimate of drug-likeness (QED) is 0.437. The lowest BCUT2D eigenvalue weighted by molar-refractivity contribution is -0.127. The molecule has 2 aliphatic rings. The van der Waals surface area contributed by atoms with Gasteiger partial charge in [0.05, 0.1) is 0 Å². The second kappa shape index (κ2) is 9.38. The van der Waals surface area contributed by atoms with E-state index in [1.54, 1.807) is 30.3 Å². The SMILES string of the molecule is CCN1c2cc(C)c(/C=C3/NC(=O)N(CC(=O)Nc4ccc(Cl)cc4)C3=O)cc2C(C)CC1(C)C. The highest BCUT2D eigenvalue weighted by atomic mass is 35.5. The Morgan fingerprint density at radius 1 is 1.23 bits per heavy atom. The molecule has 2 N–H and O–H groups in total. The van der Waals surface area contributed by atoms with Crippen molar-refractivity contribution >= 4 is 46.9 Å². The molecule has 184 valence electrons. The number of nitrogens with one attached hydrogen (secondary N) is 2. The molecule has 1 fully saturated rings. The van der Waals surface area contributed by atoms with Gasteiger partial charge in [-0.3, -0.25) is 9.59 Å². The maximum Gasteiger partial charge on any atom is 0.329 e. The summed E-state index contributed by atoms with van der Waals surface area (Å²) in [4.78, 5) is 41.2. The lowest BCUT2D eigenvalue weighted by Crippen LogP contribution is -2.48. The molecule has 0 spiro atoms. The molecule has 4 amide bonds. The number of aryl methyl sites for hydroxylation is 1. The van der Waals surface area contributed by atoms with E-state index in [1.165, 1.54) is 11.3 Å². The summed E-state index contributed by atoms with van der Waals surface area (Å²) in [6, 6.07) is 10.3. The molecule has 1 atom stereocenters. The van der Waals surface area contributed by atoms with Crippen molar-refractivity contribution in [2.24, 2.45) is 0 Å². The van der Waals surface area contributed by atoms with Crippen molar-refractivity contribution in [3.8, 4) is 0 Å². The van der Waals surface area contributed by atoms with E-state index < -0.39 is 17.8 Å². The minimum Gasteiger partial charge on any atom is -0.366 e. The third kappa shape index (κ3) is 4.91. The minimum absolute atomic E-state index is 0.0655. The maximum atomic E-state index is 13.0. The Bertz CT molecular complexity index is 1220. The Kier molecular flexibility index (Phi) is 6.64. The van der Waals surface area contributed by atoms with Gasteiger partial charge in [-0.05, 0) is 99.2 Å². The zero-order valence-electron chi connectivity index (χ0n) is 20.7. The zero-order valence-corrected chi connectivity index (χ0v) is 21.5. The van der Waals surface area contributed by atoms with Crippen LogP contribution in [0.15, 0.2) is 42.1 Å². The van der Waals surface area contributed by atoms with Gasteiger partial charge in [0.25, 0.3) is 5.91 Å². The minimum atomic E-state index is -0.615. The summed E-state index contributed by atoms with van der Waals surface area (Å²) in [5.74, 6) is -0.636. The highest BCUT2D eigenvalue weighted by molar-refractivity contribution is 6.30. The molecule has 2 aromatic carbocycles. The van der Waals surface area contributed by atoms with Gasteiger partial charge >= 0.3 is 6.03 Å². The van der Waals surface area contributed by atoms with Gasteiger partial charge in [-0.25, -0.2) is 9.69 Å². The van der Waals surface area contributed by atoms with Crippen LogP contribution in [0.3, 0.4) is 0 Å². The average Bonchev–Trinajstić information content (AvgIpc) is 3.03. The maximum absolute atomic E-state index is 13.0. The van der Waals surface area contributed by atoms with Crippen LogP contribution in [0.1, 0.15) is 56.7 Å². The number of nitrogens with zero attached hydrogens (tertiary/aromatic N) is 2. The number of fused-ring (bicyclic) bond motifs is 1. The molecule has 0 aromatic heterocycles. The number of urea groups is 1. The fourth-order valence-electron chi connectivity index (χ4n) is 5.15. The first-order chi connectivity index (χ1) is 16.5. The Morgan fingerprint density at radius 3 is 2.57 bits per heavy atom. The molecule has 2 heterocycles. The van der Waals surface area contributed by atoms with Crippen LogP contribution in [-0.4, -0.2) is 41.4 Å². The Balaban J connectivity index is 1.55. The summed E-state index contributed by atoms with van der Waals surface area (Å²) in [5.41, 5.74) is 5.11. The Labute approximate surface area is 211 Å². The molecule has 1 saturated heterocycles. The van der Waals surface area contributed by atoms with Crippen LogP contribution in [0.25, 0.3) is 6.08 Å². The molecule has 0 saturated carbocycles. The van der Waals surface area contributed by atoms with Gasteiger partial charge in [0, 0.05) is 28.5 Å². The summed E-state index contributed by atoms with van der Waals surface area (Å²) in [6.07, 6.45) is 2.73. The van der Waals surface area contributed by atoms with Crippen LogP contribution in [0.2, 0.25) is 5.02 Å². The smallest absolute Gasteiger partial charge is 0.329 e. The number of hydrogen-bond acceptors (Lipinski definition) is 4. The van der Waals surface area contributed by atoms with Crippen molar-refractivity contribution in [2.75, 3.05) is 23.3 Å². The normalized spacial score (nSPS) is 20.2. The van der Waals surface area contributed by atoms with Gasteiger partial charge < -0.3 is 15.5 Å². The number of rotatable bonds is 5. The molecule has 1 unspecified atom stereocenters. The Morgan fingerprint density at radius 2 is 1.91 bits per heavy atom. The van der Waals surface area contributed by atoms with E-state index in [9.17, 15) is 14.4 Å². The van der Waals surface area contributed by atoms with E-state index in [1.807, 2.05) is 6.92 Å². The van der Waals surface area contributed by atoms with E-state index in [-0.39, 0.29) is 17.8 Å². The second-order valence-electron chi connectivity index (χ2n) is 9.86. The fourth-order valence-corrected chi connectivity index (χ4v) is 5.28. The molecule has 8 heteroatoms. The molecule has 2 aromatic rings. The lowest BCUT2D eigenvalue weighted by Gasteiger charge is -2.47. The number of hydrogen-bond donors (Lipinski definition) is 2. The van der Waals surface area contributed by atoms with Gasteiger partial charge in [0.2, 0.25) is 5.91 Å². The summed E-state index contributed by atoms with van der Waals surface area (Å²) in [5, 5.41) is 5.84. The van der Waals surface area contributed by atoms with Gasteiger partial charge in [0.15, 0.2) is 0 Å². The second-order valence-corrected chi connectivity index (χ2v) is 10.3. The molecule has 7 nitrogen and oxygen atoms in total. The summed E-state index contributed by atoms with van der Waals surface area (Å²) in [6.45, 7) is 11.5. The van der Waals surface area contributed by atoms with E-state index in [0.29, 0.717) is 16.6 Å². The lowest BCUT2D eigenvalue weighted by atomic mass is 9.79. The summed E-state index contributed by atoms with van der Waals surface area (Å²) < 4.78 is 0. The van der Waals surface area contributed by atoms with Crippen LogP contribution in [0, 0.1) is 6.92 Å². The van der Waals surface area contributed by atoms with Crippen LogP contribution in [-0.2, 0) is 9.59 Å². The number of carbonyl (C=O) groups is 3. The Hall–Kier alpha value is -3.32. The number of halogens is 1. The number of carbonyl (C=O) groups excluding carboxylic acids is 3. The summed E-state index contributed by atoms with van der Waals surface area (Å²) >= 11 is 5.86.